The predicted octanol–water partition coefficient (Wildman–Crippen LogP) is 5.39. The number of carbonyl (C=O) groups is 1. The highest BCUT2D eigenvalue weighted by Crippen LogP contribution is 2.47. The van der Waals surface area contributed by atoms with Crippen molar-refractivity contribution in [3.63, 3.8) is 0 Å². The van der Waals surface area contributed by atoms with Crippen LogP contribution in [0.25, 0.3) is 0 Å². The molecule has 1 aromatic carbocycles. The van der Waals surface area contributed by atoms with Crippen molar-refractivity contribution in [3.8, 4) is 0 Å². The average molecular weight is 546 g/mol. The lowest BCUT2D eigenvalue weighted by molar-refractivity contribution is -0.146. The van der Waals surface area contributed by atoms with Crippen LogP contribution in [-0.4, -0.2) is 44.1 Å². The van der Waals surface area contributed by atoms with E-state index >= 15 is 0 Å². The molecule has 1 saturated carbocycles. The molecule has 0 bridgehead atoms. The van der Waals surface area contributed by atoms with Gasteiger partial charge < -0.3 is 10.2 Å². The molecule has 1 fully saturated rings. The Morgan fingerprint density at radius 2 is 1.84 bits per heavy atom. The van der Waals surface area contributed by atoms with Crippen molar-refractivity contribution in [1.82, 2.24) is 14.9 Å². The second-order valence-electron chi connectivity index (χ2n) is 11.2. The van der Waals surface area contributed by atoms with Gasteiger partial charge in [0.2, 0.25) is 15.9 Å². The van der Waals surface area contributed by atoms with E-state index in [2.05, 4.69) is 23.9 Å². The smallest absolute Gasteiger partial charge is 0.336 e. The highest BCUT2D eigenvalue weighted by molar-refractivity contribution is 7.88. The fourth-order valence-corrected chi connectivity index (χ4v) is 6.92. The lowest BCUT2D eigenvalue weighted by atomic mass is 9.73. The standard InChI is InChI=1S/C27H42F3N3O3S/c1-6-8-21(9-7-2)31-22-12-13-26(15-22,18(3)4)25(34)33-16-19-14-20(27(28,29)30)10-11-23(19)24(17-33)32-37(5,35)36/h10-11,14,18,21-22,24,31-32H,6-9,12-13,15-17H2,1-5H3/t22-,24-,26+/m1/s1. The Balaban J connectivity index is 1.90. The van der Waals surface area contributed by atoms with Crippen molar-refractivity contribution < 1.29 is 26.4 Å². The zero-order valence-electron chi connectivity index (χ0n) is 22.6. The molecular weight excluding hydrogens is 503 g/mol. The van der Waals surface area contributed by atoms with Gasteiger partial charge in [0.25, 0.3) is 0 Å². The van der Waals surface area contributed by atoms with Crippen LogP contribution in [0.15, 0.2) is 18.2 Å². The number of halogens is 3. The van der Waals surface area contributed by atoms with E-state index in [9.17, 15) is 26.4 Å². The van der Waals surface area contributed by atoms with E-state index in [1.165, 1.54) is 6.07 Å². The Morgan fingerprint density at radius 1 is 1.19 bits per heavy atom. The normalized spacial score (nSPS) is 24.6. The Hall–Kier alpha value is -1.65. The maximum absolute atomic E-state index is 14.1. The highest BCUT2D eigenvalue weighted by atomic mass is 32.2. The summed E-state index contributed by atoms with van der Waals surface area (Å²) < 4.78 is 67.1. The number of rotatable bonds is 10. The largest absolute Gasteiger partial charge is 0.416 e. The first kappa shape index (κ1) is 29.9. The van der Waals surface area contributed by atoms with E-state index in [1.54, 1.807) is 4.90 Å². The first-order valence-electron chi connectivity index (χ1n) is 13.4. The average Bonchev–Trinajstić information content (AvgIpc) is 3.22. The predicted molar refractivity (Wildman–Crippen MR) is 139 cm³/mol. The van der Waals surface area contributed by atoms with Crippen LogP contribution in [0.1, 0.15) is 95.4 Å². The topological polar surface area (TPSA) is 78.5 Å². The van der Waals surface area contributed by atoms with Crippen LogP contribution >= 0.6 is 0 Å². The van der Waals surface area contributed by atoms with Gasteiger partial charge in [0.05, 0.1) is 23.3 Å². The number of nitrogens with zero attached hydrogens (tertiary/aromatic N) is 1. The SMILES string of the molecule is CCCC(CCC)N[C@@H]1CC[C@@](C(=O)N2Cc3cc(C(F)(F)F)ccc3[C@H](NS(C)(=O)=O)C2)(C(C)C)C1. The van der Waals surface area contributed by atoms with Crippen LogP contribution in [0, 0.1) is 11.3 Å². The summed E-state index contributed by atoms with van der Waals surface area (Å²) in [6.07, 6.45) is 3.04. The summed E-state index contributed by atoms with van der Waals surface area (Å²) in [5.41, 5.74) is -0.641. The number of sulfonamides is 1. The molecule has 0 aromatic heterocycles. The molecule has 2 N–H and O–H groups in total. The molecule has 1 aliphatic carbocycles. The Kier molecular flexibility index (Phi) is 9.39. The molecule has 210 valence electrons. The molecule has 3 rings (SSSR count). The number of hydrogen-bond acceptors (Lipinski definition) is 4. The third kappa shape index (κ3) is 7.06. The van der Waals surface area contributed by atoms with Gasteiger partial charge in [0, 0.05) is 25.2 Å². The highest BCUT2D eigenvalue weighted by Gasteiger charge is 2.50. The third-order valence-corrected chi connectivity index (χ3v) is 8.79. The number of fused-ring (bicyclic) bond motifs is 1. The minimum absolute atomic E-state index is 0.0287. The molecule has 6 nitrogen and oxygen atoms in total. The molecular formula is C27H42F3N3O3S. The van der Waals surface area contributed by atoms with E-state index in [0.29, 0.717) is 30.0 Å². The van der Waals surface area contributed by atoms with E-state index in [4.69, 9.17) is 0 Å². The number of carbonyl (C=O) groups excluding carboxylic acids is 1. The zero-order chi connectivity index (χ0) is 27.6. The van der Waals surface area contributed by atoms with Gasteiger partial charge in [-0.05, 0) is 61.3 Å². The van der Waals surface area contributed by atoms with Crippen molar-refractivity contribution >= 4 is 15.9 Å². The number of nitrogens with one attached hydrogen (secondary N) is 2. The summed E-state index contributed by atoms with van der Waals surface area (Å²) in [5.74, 6) is -0.0653. The van der Waals surface area contributed by atoms with Gasteiger partial charge in [-0.3, -0.25) is 4.79 Å². The van der Waals surface area contributed by atoms with Gasteiger partial charge in [0.15, 0.2) is 0 Å². The van der Waals surface area contributed by atoms with Crippen LogP contribution in [-0.2, 0) is 27.5 Å². The number of alkyl halides is 3. The van der Waals surface area contributed by atoms with Crippen molar-refractivity contribution in [3.05, 3.63) is 34.9 Å². The summed E-state index contributed by atoms with van der Waals surface area (Å²) in [6, 6.07) is 3.16. The van der Waals surface area contributed by atoms with Crippen LogP contribution in [0.3, 0.4) is 0 Å². The fourth-order valence-electron chi connectivity index (χ4n) is 6.20. The second-order valence-corrected chi connectivity index (χ2v) is 13.0. The molecule has 0 saturated heterocycles. The number of amides is 1. The van der Waals surface area contributed by atoms with Crippen molar-refractivity contribution in [1.29, 1.82) is 0 Å². The Morgan fingerprint density at radius 3 is 2.38 bits per heavy atom. The first-order chi connectivity index (χ1) is 17.2. The maximum Gasteiger partial charge on any atom is 0.416 e. The monoisotopic (exact) mass is 545 g/mol. The minimum Gasteiger partial charge on any atom is -0.336 e. The van der Waals surface area contributed by atoms with E-state index in [0.717, 1.165) is 50.5 Å². The van der Waals surface area contributed by atoms with Crippen LogP contribution in [0.4, 0.5) is 13.2 Å². The van der Waals surface area contributed by atoms with Gasteiger partial charge in [0.1, 0.15) is 0 Å². The summed E-state index contributed by atoms with van der Waals surface area (Å²) in [7, 11) is -3.66. The number of benzene rings is 1. The van der Waals surface area contributed by atoms with E-state index < -0.39 is 33.2 Å². The molecule has 2 aliphatic rings. The third-order valence-electron chi connectivity index (χ3n) is 8.08. The minimum atomic E-state index is -4.53. The van der Waals surface area contributed by atoms with Gasteiger partial charge in [-0.2, -0.15) is 13.2 Å². The molecule has 0 spiro atoms. The van der Waals surface area contributed by atoms with Gasteiger partial charge in [-0.15, -0.1) is 0 Å². The Bertz CT molecular complexity index is 1050. The summed E-state index contributed by atoms with van der Waals surface area (Å²) >= 11 is 0. The first-order valence-corrected chi connectivity index (χ1v) is 15.3. The molecule has 1 heterocycles. The molecule has 0 unspecified atom stereocenters. The lowest BCUT2D eigenvalue weighted by Gasteiger charge is -2.42. The van der Waals surface area contributed by atoms with E-state index in [1.807, 2.05) is 13.8 Å². The molecule has 1 amide bonds. The van der Waals surface area contributed by atoms with Crippen LogP contribution < -0.4 is 10.0 Å². The van der Waals surface area contributed by atoms with Crippen molar-refractivity contribution in [2.75, 3.05) is 12.8 Å². The summed E-state index contributed by atoms with van der Waals surface area (Å²) in [4.78, 5) is 15.7. The lowest BCUT2D eigenvalue weighted by Crippen LogP contribution is -2.51. The van der Waals surface area contributed by atoms with Crippen LogP contribution in [0.2, 0.25) is 0 Å². The fraction of sp³-hybridized carbons (Fsp3) is 0.741. The molecule has 0 radical (unpaired) electrons. The van der Waals surface area contributed by atoms with Crippen LogP contribution in [0.5, 0.6) is 0 Å². The molecule has 1 aliphatic heterocycles. The second kappa shape index (κ2) is 11.6. The quantitative estimate of drug-likeness (QED) is 0.413. The van der Waals surface area contributed by atoms with Gasteiger partial charge in [-0.1, -0.05) is 46.6 Å². The Labute approximate surface area is 219 Å². The van der Waals surface area contributed by atoms with Gasteiger partial charge >= 0.3 is 6.18 Å². The maximum atomic E-state index is 14.1. The molecule has 1 aromatic rings. The summed E-state index contributed by atoms with van der Waals surface area (Å²) in [5, 5.41) is 3.78. The molecule has 3 atom stereocenters. The van der Waals surface area contributed by atoms with Crippen molar-refractivity contribution in [2.45, 2.75) is 103 Å². The number of hydrogen-bond donors (Lipinski definition) is 2. The van der Waals surface area contributed by atoms with Crippen molar-refractivity contribution in [2.24, 2.45) is 11.3 Å². The molecule has 37 heavy (non-hydrogen) atoms. The zero-order valence-corrected chi connectivity index (χ0v) is 23.4. The van der Waals surface area contributed by atoms with Gasteiger partial charge in [-0.25, -0.2) is 13.1 Å². The summed E-state index contributed by atoms with van der Waals surface area (Å²) in [6.45, 7) is 8.51. The molecule has 10 heteroatoms. The van der Waals surface area contributed by atoms with E-state index in [-0.39, 0.29) is 31.0 Å².